The molecular formula is C12H17N3O4. The fourth-order valence-corrected chi connectivity index (χ4v) is 1.38. The predicted octanol–water partition coefficient (Wildman–Crippen LogP) is 0.370. The molecule has 0 saturated heterocycles. The predicted molar refractivity (Wildman–Crippen MR) is 67.5 cm³/mol. The number of carbonyl (C=O) groups is 2. The Kier molecular flexibility index (Phi) is 6.31. The zero-order valence-corrected chi connectivity index (χ0v) is 10.6. The van der Waals surface area contributed by atoms with Crippen LogP contribution in [0.15, 0.2) is 24.4 Å². The molecule has 1 atom stereocenters. The van der Waals surface area contributed by atoms with Gasteiger partial charge in [-0.25, -0.2) is 9.59 Å². The van der Waals surface area contributed by atoms with Gasteiger partial charge in [-0.1, -0.05) is 6.07 Å². The first-order chi connectivity index (χ1) is 9.13. The zero-order valence-electron chi connectivity index (χ0n) is 10.6. The molecule has 1 heterocycles. The molecule has 7 heteroatoms. The Balaban J connectivity index is 2.38. The molecule has 1 unspecified atom stereocenters. The van der Waals surface area contributed by atoms with E-state index in [0.29, 0.717) is 5.69 Å². The average Bonchev–Trinajstić information content (AvgIpc) is 2.42. The Morgan fingerprint density at radius 2 is 2.26 bits per heavy atom. The SMILES string of the molecule is COCCC(NC(=O)NCc1ccccn1)C(=O)O. The van der Waals surface area contributed by atoms with Gasteiger partial charge in [0.2, 0.25) is 0 Å². The van der Waals surface area contributed by atoms with E-state index in [0.717, 1.165) is 0 Å². The van der Waals surface area contributed by atoms with Crippen molar-refractivity contribution in [2.75, 3.05) is 13.7 Å². The molecule has 0 bridgehead atoms. The highest BCUT2D eigenvalue weighted by Crippen LogP contribution is 1.95. The van der Waals surface area contributed by atoms with Crippen molar-refractivity contribution in [2.24, 2.45) is 0 Å². The van der Waals surface area contributed by atoms with Crippen LogP contribution < -0.4 is 10.6 Å². The number of pyridine rings is 1. The van der Waals surface area contributed by atoms with Crippen LogP contribution in [0.2, 0.25) is 0 Å². The number of nitrogens with one attached hydrogen (secondary N) is 2. The summed E-state index contributed by atoms with van der Waals surface area (Å²) in [6.07, 6.45) is 1.83. The smallest absolute Gasteiger partial charge is 0.326 e. The molecule has 7 nitrogen and oxygen atoms in total. The van der Waals surface area contributed by atoms with E-state index in [-0.39, 0.29) is 19.6 Å². The van der Waals surface area contributed by atoms with Crippen molar-refractivity contribution in [1.29, 1.82) is 0 Å². The molecule has 104 valence electrons. The summed E-state index contributed by atoms with van der Waals surface area (Å²) in [5.41, 5.74) is 0.696. The summed E-state index contributed by atoms with van der Waals surface area (Å²) in [6.45, 7) is 0.501. The standard InChI is InChI=1S/C12H17N3O4/c1-19-7-5-10(11(16)17)15-12(18)14-8-9-4-2-3-6-13-9/h2-4,6,10H,5,7-8H2,1H3,(H,16,17)(H2,14,15,18). The fraction of sp³-hybridized carbons (Fsp3) is 0.417. The second-order valence-corrected chi connectivity index (χ2v) is 3.82. The number of aromatic nitrogens is 1. The summed E-state index contributed by atoms with van der Waals surface area (Å²) in [5, 5.41) is 13.8. The number of carboxylic acid groups (broad SMARTS) is 1. The van der Waals surface area contributed by atoms with Crippen molar-refractivity contribution in [3.05, 3.63) is 30.1 Å². The molecule has 0 aliphatic rings. The van der Waals surface area contributed by atoms with Crippen molar-refractivity contribution in [3.63, 3.8) is 0 Å². The molecule has 1 rings (SSSR count). The van der Waals surface area contributed by atoms with E-state index in [1.807, 2.05) is 0 Å². The number of rotatable bonds is 7. The molecule has 0 fully saturated rings. The Morgan fingerprint density at radius 1 is 1.47 bits per heavy atom. The Bertz CT molecular complexity index is 411. The number of nitrogens with zero attached hydrogens (tertiary/aromatic N) is 1. The van der Waals surface area contributed by atoms with Crippen LogP contribution in [-0.4, -0.2) is 41.8 Å². The van der Waals surface area contributed by atoms with Gasteiger partial charge in [0.1, 0.15) is 6.04 Å². The third kappa shape index (κ3) is 5.82. The molecular weight excluding hydrogens is 250 g/mol. The first kappa shape index (κ1) is 14.9. The maximum atomic E-state index is 11.5. The van der Waals surface area contributed by atoms with Gasteiger partial charge in [-0.05, 0) is 12.1 Å². The number of methoxy groups -OCH3 is 1. The van der Waals surface area contributed by atoms with Crippen molar-refractivity contribution in [1.82, 2.24) is 15.6 Å². The van der Waals surface area contributed by atoms with Gasteiger partial charge in [0.25, 0.3) is 0 Å². The Labute approximate surface area is 111 Å². The van der Waals surface area contributed by atoms with Crippen molar-refractivity contribution >= 4 is 12.0 Å². The number of urea groups is 1. The van der Waals surface area contributed by atoms with Crippen LogP contribution in [0, 0.1) is 0 Å². The number of carboxylic acids is 1. The van der Waals surface area contributed by atoms with Gasteiger partial charge in [0.05, 0.1) is 12.2 Å². The number of carbonyl (C=O) groups excluding carboxylic acids is 1. The highest BCUT2D eigenvalue weighted by molar-refractivity contribution is 5.82. The molecule has 19 heavy (non-hydrogen) atoms. The van der Waals surface area contributed by atoms with E-state index in [4.69, 9.17) is 9.84 Å². The summed E-state index contributed by atoms with van der Waals surface area (Å²) in [5.74, 6) is -1.09. The quantitative estimate of drug-likeness (QED) is 0.662. The molecule has 1 aromatic heterocycles. The summed E-state index contributed by atoms with van der Waals surface area (Å²) in [4.78, 5) is 26.5. The summed E-state index contributed by atoms with van der Waals surface area (Å²) >= 11 is 0. The first-order valence-electron chi connectivity index (χ1n) is 5.79. The highest BCUT2D eigenvalue weighted by atomic mass is 16.5. The molecule has 0 aliphatic heterocycles. The maximum Gasteiger partial charge on any atom is 0.326 e. The van der Waals surface area contributed by atoms with Crippen molar-refractivity contribution in [3.8, 4) is 0 Å². The van der Waals surface area contributed by atoms with Crippen LogP contribution in [0.4, 0.5) is 4.79 Å². The van der Waals surface area contributed by atoms with Gasteiger partial charge < -0.3 is 20.5 Å². The molecule has 0 saturated carbocycles. The molecule has 3 N–H and O–H groups in total. The van der Waals surface area contributed by atoms with E-state index in [9.17, 15) is 9.59 Å². The van der Waals surface area contributed by atoms with Crippen molar-refractivity contribution < 1.29 is 19.4 Å². The molecule has 0 aromatic carbocycles. The highest BCUT2D eigenvalue weighted by Gasteiger charge is 2.19. The number of amides is 2. The molecule has 2 amide bonds. The maximum absolute atomic E-state index is 11.5. The van der Waals surface area contributed by atoms with Gasteiger partial charge >= 0.3 is 12.0 Å². The lowest BCUT2D eigenvalue weighted by Gasteiger charge is -2.14. The minimum Gasteiger partial charge on any atom is -0.480 e. The topological polar surface area (TPSA) is 101 Å². The number of hydrogen-bond acceptors (Lipinski definition) is 4. The average molecular weight is 267 g/mol. The normalized spacial score (nSPS) is 11.6. The third-order valence-electron chi connectivity index (χ3n) is 2.37. The molecule has 0 aliphatic carbocycles. The number of hydrogen-bond donors (Lipinski definition) is 3. The zero-order chi connectivity index (χ0) is 14.1. The van der Waals surface area contributed by atoms with E-state index < -0.39 is 18.0 Å². The lowest BCUT2D eigenvalue weighted by atomic mass is 10.2. The van der Waals surface area contributed by atoms with Gasteiger partial charge in [-0.3, -0.25) is 4.98 Å². The van der Waals surface area contributed by atoms with E-state index >= 15 is 0 Å². The van der Waals surface area contributed by atoms with Crippen LogP contribution in [-0.2, 0) is 16.1 Å². The molecule has 0 spiro atoms. The lowest BCUT2D eigenvalue weighted by molar-refractivity contribution is -0.139. The van der Waals surface area contributed by atoms with Gasteiger partial charge in [0.15, 0.2) is 0 Å². The lowest BCUT2D eigenvalue weighted by Crippen LogP contribution is -2.46. The second-order valence-electron chi connectivity index (χ2n) is 3.82. The summed E-state index contributed by atoms with van der Waals surface area (Å²) in [7, 11) is 1.47. The van der Waals surface area contributed by atoms with Crippen LogP contribution in [0.3, 0.4) is 0 Å². The van der Waals surface area contributed by atoms with E-state index in [2.05, 4.69) is 15.6 Å². The van der Waals surface area contributed by atoms with Crippen LogP contribution >= 0.6 is 0 Å². The van der Waals surface area contributed by atoms with E-state index in [1.165, 1.54) is 7.11 Å². The van der Waals surface area contributed by atoms with Gasteiger partial charge in [-0.2, -0.15) is 0 Å². The van der Waals surface area contributed by atoms with Crippen LogP contribution in [0.1, 0.15) is 12.1 Å². The summed E-state index contributed by atoms with van der Waals surface area (Å²) in [6, 6.07) is 3.83. The van der Waals surface area contributed by atoms with Crippen LogP contribution in [0.5, 0.6) is 0 Å². The van der Waals surface area contributed by atoms with Crippen LogP contribution in [0.25, 0.3) is 0 Å². The minimum atomic E-state index is -1.09. The fourth-order valence-electron chi connectivity index (χ4n) is 1.38. The largest absolute Gasteiger partial charge is 0.480 e. The number of ether oxygens (including phenoxy) is 1. The second kappa shape index (κ2) is 8.04. The Morgan fingerprint density at radius 3 is 2.84 bits per heavy atom. The first-order valence-corrected chi connectivity index (χ1v) is 5.79. The third-order valence-corrected chi connectivity index (χ3v) is 2.37. The van der Waals surface area contributed by atoms with Crippen molar-refractivity contribution in [2.45, 2.75) is 19.0 Å². The summed E-state index contributed by atoms with van der Waals surface area (Å²) < 4.78 is 4.79. The molecule has 1 aromatic rings. The minimum absolute atomic E-state index is 0.211. The monoisotopic (exact) mass is 267 g/mol. The van der Waals surface area contributed by atoms with Gasteiger partial charge in [-0.15, -0.1) is 0 Å². The van der Waals surface area contributed by atoms with Gasteiger partial charge in [0, 0.05) is 26.3 Å². The Hall–Kier alpha value is -2.15. The number of aliphatic carboxylic acids is 1. The molecule has 0 radical (unpaired) electrons. The van der Waals surface area contributed by atoms with E-state index in [1.54, 1.807) is 24.4 Å².